The Morgan fingerprint density at radius 2 is 2.10 bits per heavy atom. The monoisotopic (exact) mass is 326 g/mol. The summed E-state index contributed by atoms with van der Waals surface area (Å²) in [4.78, 5) is 14.0. The van der Waals surface area contributed by atoms with E-state index < -0.39 is 0 Å². The van der Waals surface area contributed by atoms with Crippen LogP contribution < -0.4 is 5.73 Å². The van der Waals surface area contributed by atoms with Crippen molar-refractivity contribution in [3.63, 3.8) is 0 Å². The number of nitrogens with two attached hydrogens (primary N) is 1. The van der Waals surface area contributed by atoms with E-state index in [-0.39, 0.29) is 24.4 Å². The summed E-state index contributed by atoms with van der Waals surface area (Å²) in [5.41, 5.74) is 7.96. The molecule has 1 amide bonds. The number of carbonyl (C=O) groups is 1. The van der Waals surface area contributed by atoms with Crippen LogP contribution in [-0.2, 0) is 0 Å². The summed E-state index contributed by atoms with van der Waals surface area (Å²) in [5, 5.41) is 7.65. The largest absolute Gasteiger partial charge is 0.336 e. The van der Waals surface area contributed by atoms with E-state index in [9.17, 15) is 4.79 Å². The first kappa shape index (κ1) is 15.8. The van der Waals surface area contributed by atoms with Crippen molar-refractivity contribution in [1.82, 2.24) is 15.1 Å². The van der Waals surface area contributed by atoms with Gasteiger partial charge < -0.3 is 10.6 Å². The number of halogens is 2. The second-order valence-electron chi connectivity index (χ2n) is 4.97. The number of amides is 1. The van der Waals surface area contributed by atoms with Crippen LogP contribution in [0.2, 0.25) is 5.02 Å². The van der Waals surface area contributed by atoms with Gasteiger partial charge in [0.15, 0.2) is 0 Å². The molecule has 0 spiro atoms. The van der Waals surface area contributed by atoms with Crippen LogP contribution >= 0.6 is 24.0 Å². The summed E-state index contributed by atoms with van der Waals surface area (Å²) < 4.78 is 0. The van der Waals surface area contributed by atoms with Crippen LogP contribution in [0.3, 0.4) is 0 Å². The van der Waals surface area contributed by atoms with Crippen molar-refractivity contribution in [3.05, 3.63) is 41.0 Å². The zero-order chi connectivity index (χ0) is 14.1. The first-order valence-electron chi connectivity index (χ1n) is 6.49. The lowest BCUT2D eigenvalue weighted by atomic mass is 10.1. The Labute approximate surface area is 133 Å². The first-order chi connectivity index (χ1) is 9.63. The van der Waals surface area contributed by atoms with Crippen LogP contribution in [0.5, 0.6) is 0 Å². The zero-order valence-electron chi connectivity index (χ0n) is 11.3. The minimum absolute atomic E-state index is 0. The standard InChI is InChI=1S/C14H15ClN4O.ClH/c15-10-3-1-9(2-4-10)12-7-13(18-17-12)14(20)19-6-5-11(16)8-19;/h1-4,7,11H,5-6,8,16H2,(H,17,18);1H/t11-;/m1./s1. The molecule has 1 saturated heterocycles. The van der Waals surface area contributed by atoms with Crippen molar-refractivity contribution >= 4 is 29.9 Å². The molecule has 5 nitrogen and oxygen atoms in total. The normalized spacial score (nSPS) is 17.6. The molecule has 0 bridgehead atoms. The summed E-state index contributed by atoms with van der Waals surface area (Å²) in [6.07, 6.45) is 0.851. The van der Waals surface area contributed by atoms with Gasteiger partial charge >= 0.3 is 0 Å². The average Bonchev–Trinajstić information content (AvgIpc) is 3.08. The number of hydrogen-bond donors (Lipinski definition) is 2. The van der Waals surface area contributed by atoms with Crippen LogP contribution in [0.4, 0.5) is 0 Å². The Morgan fingerprint density at radius 1 is 1.38 bits per heavy atom. The van der Waals surface area contributed by atoms with E-state index in [0.717, 1.165) is 17.7 Å². The molecule has 0 saturated carbocycles. The Kier molecular flexibility index (Phi) is 4.88. The molecule has 1 aromatic carbocycles. The first-order valence-corrected chi connectivity index (χ1v) is 6.87. The van der Waals surface area contributed by atoms with E-state index in [1.807, 2.05) is 12.1 Å². The van der Waals surface area contributed by atoms with E-state index in [1.54, 1.807) is 23.1 Å². The quantitative estimate of drug-likeness (QED) is 0.889. The van der Waals surface area contributed by atoms with Gasteiger partial charge in [0, 0.05) is 29.7 Å². The third kappa shape index (κ3) is 3.37. The fourth-order valence-corrected chi connectivity index (χ4v) is 2.47. The van der Waals surface area contributed by atoms with E-state index in [2.05, 4.69) is 10.2 Å². The average molecular weight is 327 g/mol. The van der Waals surface area contributed by atoms with E-state index in [1.165, 1.54) is 0 Å². The van der Waals surface area contributed by atoms with Crippen molar-refractivity contribution in [2.45, 2.75) is 12.5 Å². The lowest BCUT2D eigenvalue weighted by molar-refractivity contribution is 0.0785. The second-order valence-corrected chi connectivity index (χ2v) is 5.41. The van der Waals surface area contributed by atoms with E-state index >= 15 is 0 Å². The third-order valence-electron chi connectivity index (χ3n) is 3.46. The van der Waals surface area contributed by atoms with Crippen LogP contribution in [0.15, 0.2) is 30.3 Å². The Bertz CT molecular complexity index is 626. The number of hydrogen-bond acceptors (Lipinski definition) is 3. The van der Waals surface area contributed by atoms with Gasteiger partial charge in [0.25, 0.3) is 5.91 Å². The van der Waals surface area contributed by atoms with Crippen molar-refractivity contribution in [2.24, 2.45) is 5.73 Å². The minimum atomic E-state index is -0.0503. The Hall–Kier alpha value is -1.56. The van der Waals surface area contributed by atoms with E-state index in [0.29, 0.717) is 23.8 Å². The number of aromatic amines is 1. The molecule has 1 aromatic heterocycles. The Morgan fingerprint density at radius 3 is 2.71 bits per heavy atom. The van der Waals surface area contributed by atoms with Crippen LogP contribution in [-0.4, -0.2) is 40.1 Å². The highest BCUT2D eigenvalue weighted by atomic mass is 35.5. The number of aromatic nitrogens is 2. The molecule has 0 unspecified atom stereocenters. The lowest BCUT2D eigenvalue weighted by Crippen LogP contribution is -2.32. The molecule has 112 valence electrons. The number of likely N-dealkylation sites (tertiary alicyclic amines) is 1. The SMILES string of the molecule is Cl.N[C@@H]1CCN(C(=O)c2cc(-c3ccc(Cl)cc3)n[nH]2)C1. The molecule has 1 atom stereocenters. The van der Waals surface area contributed by atoms with Crippen LogP contribution in [0.1, 0.15) is 16.9 Å². The highest BCUT2D eigenvalue weighted by Crippen LogP contribution is 2.21. The predicted molar refractivity (Wildman–Crippen MR) is 84.8 cm³/mol. The third-order valence-corrected chi connectivity index (χ3v) is 3.71. The lowest BCUT2D eigenvalue weighted by Gasteiger charge is -2.13. The van der Waals surface area contributed by atoms with Crippen molar-refractivity contribution in [3.8, 4) is 11.3 Å². The highest BCUT2D eigenvalue weighted by Gasteiger charge is 2.25. The number of H-pyrrole nitrogens is 1. The number of nitrogens with zero attached hydrogens (tertiary/aromatic N) is 2. The molecule has 2 heterocycles. The van der Waals surface area contributed by atoms with Gasteiger partial charge in [-0.05, 0) is 24.6 Å². The molecule has 21 heavy (non-hydrogen) atoms. The maximum Gasteiger partial charge on any atom is 0.271 e. The molecule has 0 aliphatic carbocycles. The van der Waals surface area contributed by atoms with Crippen LogP contribution in [0.25, 0.3) is 11.3 Å². The molecule has 7 heteroatoms. The van der Waals surface area contributed by atoms with Gasteiger partial charge in [0.2, 0.25) is 0 Å². The van der Waals surface area contributed by atoms with Gasteiger partial charge in [0.05, 0.1) is 5.69 Å². The number of nitrogens with one attached hydrogen (secondary N) is 1. The minimum Gasteiger partial charge on any atom is -0.336 e. The molecular formula is C14H16Cl2N4O. The highest BCUT2D eigenvalue weighted by molar-refractivity contribution is 6.30. The number of carbonyl (C=O) groups excluding carboxylic acids is 1. The van der Waals surface area contributed by atoms with Gasteiger partial charge in [-0.1, -0.05) is 23.7 Å². The molecule has 1 aliphatic heterocycles. The van der Waals surface area contributed by atoms with E-state index in [4.69, 9.17) is 17.3 Å². The smallest absolute Gasteiger partial charge is 0.271 e. The van der Waals surface area contributed by atoms with Gasteiger partial charge in [-0.2, -0.15) is 5.10 Å². The van der Waals surface area contributed by atoms with Gasteiger partial charge in [-0.15, -0.1) is 12.4 Å². The van der Waals surface area contributed by atoms with Gasteiger partial charge in [-0.3, -0.25) is 9.89 Å². The van der Waals surface area contributed by atoms with Crippen molar-refractivity contribution in [1.29, 1.82) is 0 Å². The van der Waals surface area contributed by atoms with Crippen molar-refractivity contribution in [2.75, 3.05) is 13.1 Å². The van der Waals surface area contributed by atoms with Crippen LogP contribution in [0, 0.1) is 0 Å². The maximum absolute atomic E-state index is 12.3. The summed E-state index contributed by atoms with van der Waals surface area (Å²) in [7, 11) is 0. The summed E-state index contributed by atoms with van der Waals surface area (Å²) in [6, 6.07) is 9.18. The summed E-state index contributed by atoms with van der Waals surface area (Å²) >= 11 is 5.85. The topological polar surface area (TPSA) is 75.0 Å². The Balaban J connectivity index is 0.00000161. The second kappa shape index (κ2) is 6.47. The predicted octanol–water partition coefficient (Wildman–Crippen LogP) is 2.33. The number of benzene rings is 1. The summed E-state index contributed by atoms with van der Waals surface area (Å²) in [5.74, 6) is -0.0503. The maximum atomic E-state index is 12.3. The van der Waals surface area contributed by atoms with Gasteiger partial charge in [-0.25, -0.2) is 0 Å². The summed E-state index contributed by atoms with van der Waals surface area (Å²) in [6.45, 7) is 1.31. The molecule has 3 rings (SSSR count). The molecule has 1 fully saturated rings. The zero-order valence-corrected chi connectivity index (χ0v) is 12.8. The molecule has 3 N–H and O–H groups in total. The van der Waals surface area contributed by atoms with Crippen molar-refractivity contribution < 1.29 is 4.79 Å². The molecule has 1 aliphatic rings. The fraction of sp³-hybridized carbons (Fsp3) is 0.286. The molecular weight excluding hydrogens is 311 g/mol. The van der Waals surface area contributed by atoms with Gasteiger partial charge in [0.1, 0.15) is 5.69 Å². The molecule has 2 aromatic rings. The molecule has 0 radical (unpaired) electrons. The fourth-order valence-electron chi connectivity index (χ4n) is 2.34. The number of rotatable bonds is 2.